The van der Waals surface area contributed by atoms with Gasteiger partial charge in [-0.1, -0.05) is 18.2 Å². The van der Waals surface area contributed by atoms with E-state index in [1.54, 1.807) is 42.7 Å². The molecule has 3 heterocycles. The van der Waals surface area contributed by atoms with Gasteiger partial charge in [-0.15, -0.1) is 0 Å². The number of pyridine rings is 1. The molecule has 1 fully saturated rings. The molecule has 2 aromatic carbocycles. The minimum Gasteiger partial charge on any atom is -0.457 e. The van der Waals surface area contributed by atoms with Crippen LogP contribution in [0.5, 0.6) is 11.5 Å². The van der Waals surface area contributed by atoms with Gasteiger partial charge in [0.1, 0.15) is 17.1 Å². The molecule has 0 bridgehead atoms. The molecule has 1 saturated heterocycles. The van der Waals surface area contributed by atoms with Crippen LogP contribution < -0.4 is 15.0 Å². The molecule has 36 heavy (non-hydrogen) atoms. The molecule has 0 spiro atoms. The van der Waals surface area contributed by atoms with Crippen LogP contribution in [0.4, 0.5) is 5.69 Å². The topological polar surface area (TPSA) is 76.5 Å². The number of ether oxygens (including phenoxy) is 1. The van der Waals surface area contributed by atoms with Crippen molar-refractivity contribution in [2.45, 2.75) is 13.8 Å². The van der Waals surface area contributed by atoms with Crippen molar-refractivity contribution < 1.29 is 14.3 Å². The SMILES string of the molecule is Cc1cc(/C=C2/C(=O)NC(=S)N(c3ccc(Oc4ccccc4)cc3)C2=O)c(C)n1-c1ccncc1. The van der Waals surface area contributed by atoms with Gasteiger partial charge in [0.25, 0.3) is 11.8 Å². The van der Waals surface area contributed by atoms with E-state index in [1.165, 1.54) is 4.90 Å². The average molecular weight is 495 g/mol. The number of nitrogens with one attached hydrogen (secondary N) is 1. The van der Waals surface area contributed by atoms with Crippen LogP contribution in [-0.4, -0.2) is 26.5 Å². The number of rotatable bonds is 5. The molecule has 0 unspecified atom stereocenters. The Kier molecular flexibility index (Phi) is 6.18. The highest BCUT2D eigenvalue weighted by Crippen LogP contribution is 2.28. The Balaban J connectivity index is 1.44. The van der Waals surface area contributed by atoms with E-state index in [0.29, 0.717) is 17.2 Å². The molecule has 0 aliphatic carbocycles. The molecule has 1 aliphatic heterocycles. The molecule has 5 rings (SSSR count). The zero-order valence-corrected chi connectivity index (χ0v) is 20.5. The number of thiocarbonyl (C=S) groups is 1. The normalized spacial score (nSPS) is 14.8. The number of aryl methyl sites for hydroxylation is 1. The van der Waals surface area contributed by atoms with E-state index in [9.17, 15) is 9.59 Å². The monoisotopic (exact) mass is 494 g/mol. The van der Waals surface area contributed by atoms with Gasteiger partial charge in [-0.05, 0) is 92.3 Å². The highest BCUT2D eigenvalue weighted by Gasteiger charge is 2.34. The van der Waals surface area contributed by atoms with E-state index >= 15 is 0 Å². The molecule has 8 heteroatoms. The summed E-state index contributed by atoms with van der Waals surface area (Å²) in [5.74, 6) is 0.300. The van der Waals surface area contributed by atoms with Gasteiger partial charge in [-0.25, -0.2) is 0 Å². The summed E-state index contributed by atoms with van der Waals surface area (Å²) in [6, 6.07) is 22.1. The molecule has 2 aromatic heterocycles. The summed E-state index contributed by atoms with van der Waals surface area (Å²) in [5, 5.41) is 2.67. The van der Waals surface area contributed by atoms with E-state index in [1.807, 2.05) is 66.9 Å². The fourth-order valence-electron chi connectivity index (χ4n) is 4.16. The first-order valence-electron chi connectivity index (χ1n) is 11.3. The van der Waals surface area contributed by atoms with Crippen LogP contribution >= 0.6 is 12.2 Å². The van der Waals surface area contributed by atoms with Gasteiger partial charge in [0, 0.05) is 29.5 Å². The lowest BCUT2D eigenvalue weighted by atomic mass is 10.1. The Bertz CT molecular complexity index is 1490. The summed E-state index contributed by atoms with van der Waals surface area (Å²) in [6.07, 6.45) is 5.05. The standard InChI is InChI=1S/C28H22N4O3S/c1-18-16-20(19(2)31(18)22-12-14-29-15-13-22)17-25-26(33)30-28(36)32(27(25)34)21-8-10-24(11-9-21)35-23-6-4-3-5-7-23/h3-17H,1-2H3,(H,30,33,36)/b25-17-. The molecule has 1 N–H and O–H groups in total. The van der Waals surface area contributed by atoms with E-state index in [4.69, 9.17) is 17.0 Å². The Hall–Kier alpha value is -4.56. The van der Waals surface area contributed by atoms with Crippen LogP contribution in [0, 0.1) is 13.8 Å². The van der Waals surface area contributed by atoms with Crippen LogP contribution in [0.3, 0.4) is 0 Å². The number of hydrogen-bond donors (Lipinski definition) is 1. The number of benzene rings is 2. The second-order valence-electron chi connectivity index (χ2n) is 8.23. The maximum absolute atomic E-state index is 13.5. The van der Waals surface area contributed by atoms with Gasteiger partial charge < -0.3 is 9.30 Å². The molecule has 4 aromatic rings. The van der Waals surface area contributed by atoms with Gasteiger partial charge in [-0.2, -0.15) is 0 Å². The molecule has 2 amide bonds. The predicted octanol–water partition coefficient (Wildman–Crippen LogP) is 5.11. The summed E-state index contributed by atoms with van der Waals surface area (Å²) in [5.41, 5.74) is 4.11. The number of hydrogen-bond acceptors (Lipinski definition) is 5. The van der Waals surface area contributed by atoms with E-state index in [-0.39, 0.29) is 10.7 Å². The second kappa shape index (κ2) is 9.59. The van der Waals surface area contributed by atoms with Crippen molar-refractivity contribution in [3.8, 4) is 17.2 Å². The Morgan fingerprint density at radius 2 is 1.56 bits per heavy atom. The Morgan fingerprint density at radius 1 is 0.889 bits per heavy atom. The summed E-state index contributed by atoms with van der Waals surface area (Å²) in [7, 11) is 0. The molecule has 0 saturated carbocycles. The van der Waals surface area contributed by atoms with Crippen molar-refractivity contribution in [3.63, 3.8) is 0 Å². The smallest absolute Gasteiger partial charge is 0.270 e. The van der Waals surface area contributed by atoms with Crippen molar-refractivity contribution in [1.82, 2.24) is 14.9 Å². The minimum atomic E-state index is -0.529. The lowest BCUT2D eigenvalue weighted by molar-refractivity contribution is -0.122. The number of amides is 2. The quantitative estimate of drug-likeness (QED) is 0.237. The number of nitrogens with zero attached hydrogens (tertiary/aromatic N) is 3. The third kappa shape index (κ3) is 4.42. The van der Waals surface area contributed by atoms with Crippen molar-refractivity contribution >= 4 is 40.9 Å². The summed E-state index contributed by atoms with van der Waals surface area (Å²) in [4.78, 5) is 31.6. The first kappa shape index (κ1) is 23.2. The summed E-state index contributed by atoms with van der Waals surface area (Å²) >= 11 is 5.34. The maximum atomic E-state index is 13.5. The number of para-hydroxylation sites is 1. The maximum Gasteiger partial charge on any atom is 0.270 e. The van der Waals surface area contributed by atoms with E-state index in [2.05, 4.69) is 10.3 Å². The highest BCUT2D eigenvalue weighted by molar-refractivity contribution is 7.80. The highest BCUT2D eigenvalue weighted by atomic mass is 32.1. The minimum absolute atomic E-state index is 0.00295. The van der Waals surface area contributed by atoms with Crippen molar-refractivity contribution in [1.29, 1.82) is 0 Å². The first-order valence-corrected chi connectivity index (χ1v) is 11.7. The molecular formula is C28H22N4O3S. The number of aromatic nitrogens is 2. The van der Waals surface area contributed by atoms with Crippen LogP contribution in [0.2, 0.25) is 0 Å². The second-order valence-corrected chi connectivity index (χ2v) is 8.62. The van der Waals surface area contributed by atoms with Gasteiger partial charge in [0.15, 0.2) is 5.11 Å². The number of anilines is 1. The van der Waals surface area contributed by atoms with Crippen LogP contribution in [-0.2, 0) is 9.59 Å². The Morgan fingerprint density at radius 3 is 2.25 bits per heavy atom. The van der Waals surface area contributed by atoms with Crippen molar-refractivity contribution in [2.24, 2.45) is 0 Å². The largest absolute Gasteiger partial charge is 0.457 e. The van der Waals surface area contributed by atoms with E-state index in [0.717, 1.165) is 22.6 Å². The predicted molar refractivity (Wildman–Crippen MR) is 142 cm³/mol. The number of carbonyl (C=O) groups is 2. The van der Waals surface area contributed by atoms with Crippen LogP contribution in [0.15, 0.2) is 90.8 Å². The fourth-order valence-corrected chi connectivity index (χ4v) is 4.44. The zero-order valence-electron chi connectivity index (χ0n) is 19.6. The zero-order chi connectivity index (χ0) is 25.2. The third-order valence-corrected chi connectivity index (χ3v) is 6.15. The molecule has 1 aliphatic rings. The third-order valence-electron chi connectivity index (χ3n) is 5.87. The summed E-state index contributed by atoms with van der Waals surface area (Å²) < 4.78 is 7.88. The van der Waals surface area contributed by atoms with Gasteiger partial charge in [0.2, 0.25) is 0 Å². The fraction of sp³-hybridized carbons (Fsp3) is 0.0714. The molecule has 0 radical (unpaired) electrons. The molecule has 178 valence electrons. The summed E-state index contributed by atoms with van der Waals surface area (Å²) in [6.45, 7) is 3.91. The van der Waals surface area contributed by atoms with Gasteiger partial charge in [0.05, 0.1) is 5.69 Å². The molecule has 7 nitrogen and oxygen atoms in total. The average Bonchev–Trinajstić information content (AvgIpc) is 3.16. The van der Waals surface area contributed by atoms with Gasteiger partial charge >= 0.3 is 0 Å². The van der Waals surface area contributed by atoms with Crippen LogP contribution in [0.1, 0.15) is 17.0 Å². The number of carbonyl (C=O) groups excluding carboxylic acids is 2. The molecule has 0 atom stereocenters. The lowest BCUT2D eigenvalue weighted by Crippen LogP contribution is -2.54. The van der Waals surface area contributed by atoms with Gasteiger partial charge in [-0.3, -0.25) is 24.8 Å². The lowest BCUT2D eigenvalue weighted by Gasteiger charge is -2.29. The van der Waals surface area contributed by atoms with Crippen molar-refractivity contribution in [2.75, 3.05) is 4.90 Å². The van der Waals surface area contributed by atoms with Crippen molar-refractivity contribution in [3.05, 3.63) is 108 Å². The first-order chi connectivity index (χ1) is 17.4. The molecular weight excluding hydrogens is 472 g/mol. The Labute approximate surface area is 213 Å². The van der Waals surface area contributed by atoms with Crippen LogP contribution in [0.25, 0.3) is 11.8 Å². The van der Waals surface area contributed by atoms with E-state index < -0.39 is 11.8 Å².